The van der Waals surface area contributed by atoms with E-state index in [0.717, 1.165) is 42.6 Å². The maximum atomic E-state index is 6.37. The van der Waals surface area contributed by atoms with Crippen molar-refractivity contribution >= 4 is 0 Å². The van der Waals surface area contributed by atoms with Gasteiger partial charge in [0.05, 0.1) is 12.7 Å². The van der Waals surface area contributed by atoms with Gasteiger partial charge in [0, 0.05) is 5.92 Å². The van der Waals surface area contributed by atoms with Crippen LogP contribution in [0.5, 0.6) is 0 Å². The van der Waals surface area contributed by atoms with E-state index in [2.05, 4.69) is 0 Å². The highest BCUT2D eigenvalue weighted by Crippen LogP contribution is 2.56. The first kappa shape index (κ1) is 13.3. The molecule has 0 amide bonds. The Kier molecular flexibility index (Phi) is 3.31. The van der Waals surface area contributed by atoms with Crippen molar-refractivity contribution in [2.75, 3.05) is 6.61 Å². The second-order valence-corrected chi connectivity index (χ2v) is 8.28. The number of fused-ring (bicyclic) bond motifs is 6. The summed E-state index contributed by atoms with van der Waals surface area (Å²) >= 11 is 0. The molecule has 0 aromatic carbocycles. The lowest BCUT2D eigenvalue weighted by Gasteiger charge is -2.49. The Bertz CT molecular complexity index is 398. The molecule has 5 fully saturated rings. The van der Waals surface area contributed by atoms with Crippen molar-refractivity contribution in [2.45, 2.75) is 70.2 Å². The summed E-state index contributed by atoms with van der Waals surface area (Å²) in [6, 6.07) is 0. The Morgan fingerprint density at radius 1 is 0.667 bits per heavy atom. The molecular weight excluding hydrogens is 264 g/mol. The average Bonchev–Trinajstić information content (AvgIpc) is 2.92. The van der Waals surface area contributed by atoms with Crippen LogP contribution in [0.1, 0.15) is 57.8 Å². The van der Waals surface area contributed by atoms with Crippen LogP contribution in [-0.4, -0.2) is 19.0 Å². The van der Waals surface area contributed by atoms with E-state index in [1.807, 2.05) is 0 Å². The molecule has 3 nitrogen and oxygen atoms in total. The maximum Gasteiger partial charge on any atom is 0.194 e. The number of ether oxygens (including phenoxy) is 1. The molecule has 0 spiro atoms. The van der Waals surface area contributed by atoms with Crippen molar-refractivity contribution < 1.29 is 14.5 Å². The largest absolute Gasteiger partial charge is 0.346 e. The number of rotatable bonds is 0. The normalized spacial score (nSPS) is 56.0. The molecule has 2 aliphatic heterocycles. The van der Waals surface area contributed by atoms with E-state index in [4.69, 9.17) is 14.5 Å². The third-order valence-corrected chi connectivity index (χ3v) is 7.46. The molecule has 0 bridgehead atoms. The summed E-state index contributed by atoms with van der Waals surface area (Å²) < 4.78 is 6.37. The lowest BCUT2D eigenvalue weighted by Crippen LogP contribution is -2.45. The van der Waals surface area contributed by atoms with E-state index in [9.17, 15) is 0 Å². The molecule has 118 valence electrons. The zero-order valence-electron chi connectivity index (χ0n) is 12.9. The van der Waals surface area contributed by atoms with E-state index in [0.29, 0.717) is 12.0 Å². The second kappa shape index (κ2) is 5.21. The highest BCUT2D eigenvalue weighted by atomic mass is 17.2. The number of hydrogen-bond donors (Lipinski definition) is 0. The Balaban J connectivity index is 1.36. The smallest absolute Gasteiger partial charge is 0.194 e. The van der Waals surface area contributed by atoms with Gasteiger partial charge in [-0.2, -0.15) is 0 Å². The molecular formula is C18H28O3. The van der Waals surface area contributed by atoms with E-state index in [-0.39, 0.29) is 6.29 Å². The molecule has 8 unspecified atom stereocenters. The molecule has 0 N–H and O–H groups in total. The molecule has 5 rings (SSSR count). The molecule has 2 saturated heterocycles. The Morgan fingerprint density at radius 3 is 2.43 bits per heavy atom. The van der Waals surface area contributed by atoms with Crippen LogP contribution in [0.4, 0.5) is 0 Å². The quantitative estimate of drug-likeness (QED) is 0.633. The minimum atomic E-state index is -0.0587. The molecule has 3 heteroatoms. The molecule has 5 aliphatic rings. The van der Waals surface area contributed by atoms with Gasteiger partial charge in [-0.05, 0) is 61.7 Å². The van der Waals surface area contributed by atoms with Crippen molar-refractivity contribution in [1.29, 1.82) is 0 Å². The van der Waals surface area contributed by atoms with Gasteiger partial charge in [-0.15, -0.1) is 0 Å². The Labute approximate surface area is 127 Å². The molecule has 8 atom stereocenters. The fraction of sp³-hybridized carbons (Fsp3) is 1.00. The zero-order valence-corrected chi connectivity index (χ0v) is 12.9. The van der Waals surface area contributed by atoms with Gasteiger partial charge >= 0.3 is 0 Å². The lowest BCUT2D eigenvalue weighted by atomic mass is 9.57. The van der Waals surface area contributed by atoms with E-state index >= 15 is 0 Å². The van der Waals surface area contributed by atoms with Crippen molar-refractivity contribution in [3.8, 4) is 0 Å². The second-order valence-electron chi connectivity index (χ2n) is 8.28. The van der Waals surface area contributed by atoms with E-state index < -0.39 is 0 Å². The predicted molar refractivity (Wildman–Crippen MR) is 78.2 cm³/mol. The Morgan fingerprint density at radius 2 is 1.52 bits per heavy atom. The van der Waals surface area contributed by atoms with E-state index in [1.165, 1.54) is 51.4 Å². The van der Waals surface area contributed by atoms with Crippen LogP contribution in [0.2, 0.25) is 0 Å². The molecule has 3 aliphatic carbocycles. The summed E-state index contributed by atoms with van der Waals surface area (Å²) in [6.07, 6.45) is 13.2. The summed E-state index contributed by atoms with van der Waals surface area (Å²) in [5.74, 6) is 5.15. The number of hydrogen-bond acceptors (Lipinski definition) is 3. The Hall–Kier alpha value is -0.120. The minimum absolute atomic E-state index is 0.0587. The fourth-order valence-electron chi connectivity index (χ4n) is 6.49. The first-order valence-corrected chi connectivity index (χ1v) is 9.34. The SMILES string of the molecule is C1CCC2CC3C(CCC4C5CCOOC5OC34)CC2C1. The monoisotopic (exact) mass is 292 g/mol. The minimum Gasteiger partial charge on any atom is -0.346 e. The van der Waals surface area contributed by atoms with Crippen molar-refractivity contribution in [1.82, 2.24) is 0 Å². The first-order valence-electron chi connectivity index (χ1n) is 9.34. The highest BCUT2D eigenvalue weighted by molar-refractivity contribution is 5.00. The summed E-state index contributed by atoms with van der Waals surface area (Å²) in [6.45, 7) is 0.756. The van der Waals surface area contributed by atoms with Gasteiger partial charge in [0.1, 0.15) is 0 Å². The van der Waals surface area contributed by atoms with E-state index in [1.54, 1.807) is 0 Å². The van der Waals surface area contributed by atoms with Crippen LogP contribution < -0.4 is 0 Å². The van der Waals surface area contributed by atoms with Gasteiger partial charge in [0.15, 0.2) is 6.29 Å². The third-order valence-electron chi connectivity index (χ3n) is 7.46. The maximum absolute atomic E-state index is 6.37. The molecule has 0 aromatic rings. The van der Waals surface area contributed by atoms with Gasteiger partial charge in [-0.1, -0.05) is 25.7 Å². The predicted octanol–water partition coefficient (Wildman–Crippen LogP) is 3.92. The first-order chi connectivity index (χ1) is 10.4. The molecule has 2 heterocycles. The topological polar surface area (TPSA) is 27.7 Å². The molecule has 21 heavy (non-hydrogen) atoms. The lowest BCUT2D eigenvalue weighted by molar-refractivity contribution is -0.403. The highest BCUT2D eigenvalue weighted by Gasteiger charge is 2.55. The van der Waals surface area contributed by atoms with Gasteiger partial charge in [-0.3, -0.25) is 0 Å². The van der Waals surface area contributed by atoms with Gasteiger partial charge < -0.3 is 4.74 Å². The summed E-state index contributed by atoms with van der Waals surface area (Å²) in [5, 5.41) is 0. The van der Waals surface area contributed by atoms with Crippen molar-refractivity contribution in [3.05, 3.63) is 0 Å². The molecule has 0 aromatic heterocycles. The van der Waals surface area contributed by atoms with Gasteiger partial charge in [-0.25, -0.2) is 9.78 Å². The zero-order chi connectivity index (χ0) is 13.8. The van der Waals surface area contributed by atoms with Crippen LogP contribution in [0.15, 0.2) is 0 Å². The summed E-state index contributed by atoms with van der Waals surface area (Å²) in [4.78, 5) is 10.6. The van der Waals surface area contributed by atoms with Crippen LogP contribution in [0.3, 0.4) is 0 Å². The van der Waals surface area contributed by atoms with Crippen LogP contribution in [-0.2, 0) is 14.5 Å². The average molecular weight is 292 g/mol. The third kappa shape index (κ3) is 2.11. The van der Waals surface area contributed by atoms with Crippen molar-refractivity contribution in [3.63, 3.8) is 0 Å². The fourth-order valence-corrected chi connectivity index (χ4v) is 6.49. The molecule has 3 saturated carbocycles. The van der Waals surface area contributed by atoms with Crippen LogP contribution in [0.25, 0.3) is 0 Å². The van der Waals surface area contributed by atoms with Gasteiger partial charge in [0.25, 0.3) is 0 Å². The van der Waals surface area contributed by atoms with Crippen LogP contribution in [0, 0.1) is 35.5 Å². The standard InChI is InChI=1S/C18H28O3/c1-2-4-12-10-16-13(9-11(12)3-1)5-6-14-15-7-8-19-21-18(15)20-17(14)16/h11-18H,1-10H2. The van der Waals surface area contributed by atoms with Gasteiger partial charge in [0.2, 0.25) is 0 Å². The summed E-state index contributed by atoms with van der Waals surface area (Å²) in [5.41, 5.74) is 0. The van der Waals surface area contributed by atoms with Crippen LogP contribution >= 0.6 is 0 Å². The molecule has 0 radical (unpaired) electrons. The summed E-state index contributed by atoms with van der Waals surface area (Å²) in [7, 11) is 0. The van der Waals surface area contributed by atoms with Crippen molar-refractivity contribution in [2.24, 2.45) is 35.5 Å².